The molecule has 0 saturated carbocycles. The fraction of sp³-hybridized carbons (Fsp3) is 0.316. The van der Waals surface area contributed by atoms with Gasteiger partial charge < -0.3 is 15.2 Å². The fourth-order valence-electron chi connectivity index (χ4n) is 3.35. The normalized spacial score (nSPS) is 19.0. The molecule has 1 atom stereocenters. The maximum absolute atomic E-state index is 13.8. The first-order chi connectivity index (χ1) is 13.4. The lowest BCUT2D eigenvalue weighted by molar-refractivity contribution is -0.0395. The summed E-state index contributed by atoms with van der Waals surface area (Å²) >= 11 is 6.31. The zero-order valence-electron chi connectivity index (χ0n) is 14.8. The minimum absolute atomic E-state index is 0.00195. The zero-order valence-corrected chi connectivity index (χ0v) is 15.6. The number of benzene rings is 1. The number of nitrogens with two attached hydrogens (primary N) is 1. The predicted molar refractivity (Wildman–Crippen MR) is 104 cm³/mol. The van der Waals surface area contributed by atoms with E-state index in [1.807, 2.05) is 16.7 Å². The van der Waals surface area contributed by atoms with E-state index in [1.54, 1.807) is 23.1 Å². The Morgan fingerprint density at radius 1 is 1.32 bits per heavy atom. The van der Waals surface area contributed by atoms with Crippen molar-refractivity contribution in [3.8, 4) is 0 Å². The summed E-state index contributed by atoms with van der Waals surface area (Å²) in [6, 6.07) is 7.63. The minimum Gasteiger partial charge on any atom is -0.340 e. The van der Waals surface area contributed by atoms with Crippen molar-refractivity contribution < 1.29 is 8.78 Å². The van der Waals surface area contributed by atoms with Gasteiger partial charge in [0.2, 0.25) is 11.6 Å². The number of imidazole rings is 1. The lowest BCUT2D eigenvalue weighted by Gasteiger charge is -2.37. The van der Waals surface area contributed by atoms with Crippen molar-refractivity contribution in [2.45, 2.75) is 24.9 Å². The summed E-state index contributed by atoms with van der Waals surface area (Å²) in [6.07, 6.45) is 1.18. The molecular weight excluding hydrogens is 386 g/mol. The van der Waals surface area contributed by atoms with Crippen LogP contribution in [-0.2, 0) is 6.54 Å². The monoisotopic (exact) mass is 402 g/mol. The highest BCUT2D eigenvalue weighted by atomic mass is 35.5. The van der Waals surface area contributed by atoms with E-state index in [1.165, 1.54) is 6.20 Å². The van der Waals surface area contributed by atoms with Gasteiger partial charge in [-0.3, -0.25) is 4.98 Å². The lowest BCUT2D eigenvalue weighted by atomic mass is 10.0. The maximum atomic E-state index is 13.8. The molecule has 0 unspecified atom stereocenters. The van der Waals surface area contributed by atoms with Gasteiger partial charge in [-0.15, -0.1) is 0 Å². The van der Waals surface area contributed by atoms with E-state index in [-0.39, 0.29) is 19.5 Å². The van der Waals surface area contributed by atoms with Gasteiger partial charge in [0.1, 0.15) is 5.52 Å². The van der Waals surface area contributed by atoms with Crippen LogP contribution in [-0.4, -0.2) is 39.6 Å². The Morgan fingerprint density at radius 3 is 2.82 bits per heavy atom. The number of fused-ring (bicyclic) bond motifs is 1. The number of piperidine rings is 1. The standard InChI is InChI=1S/C19H17ClF2N6/c1-24-12-5-6-13(25-9-12)10-28-15-4-2-3-14(20)17(15)26-18(28)27-8-7-19(21,22)16(23)11-27/h2-6,9,16H,7-8,10-11,23H2/t16-/m1/s1. The molecule has 3 heterocycles. The summed E-state index contributed by atoms with van der Waals surface area (Å²) in [4.78, 5) is 14.1. The fourth-order valence-corrected chi connectivity index (χ4v) is 3.56. The first-order valence-electron chi connectivity index (χ1n) is 8.74. The molecule has 3 aromatic rings. The molecule has 6 nitrogen and oxygen atoms in total. The van der Waals surface area contributed by atoms with E-state index < -0.39 is 12.0 Å². The van der Waals surface area contributed by atoms with Crippen LogP contribution >= 0.6 is 11.6 Å². The number of hydrogen-bond acceptors (Lipinski definition) is 4. The Hall–Kier alpha value is -2.76. The van der Waals surface area contributed by atoms with Gasteiger partial charge in [0.05, 0.1) is 35.4 Å². The van der Waals surface area contributed by atoms with Crippen molar-refractivity contribution in [3.05, 3.63) is 58.7 Å². The molecule has 0 bridgehead atoms. The first-order valence-corrected chi connectivity index (χ1v) is 9.12. The van der Waals surface area contributed by atoms with Crippen molar-refractivity contribution in [1.29, 1.82) is 0 Å². The van der Waals surface area contributed by atoms with Crippen LogP contribution in [0.25, 0.3) is 15.9 Å². The molecule has 0 spiro atoms. The lowest BCUT2D eigenvalue weighted by Crippen LogP contribution is -2.55. The first kappa shape index (κ1) is 18.6. The van der Waals surface area contributed by atoms with E-state index in [9.17, 15) is 8.78 Å². The van der Waals surface area contributed by atoms with Crippen LogP contribution in [0, 0.1) is 6.57 Å². The molecule has 1 saturated heterocycles. The number of hydrogen-bond donors (Lipinski definition) is 1. The summed E-state index contributed by atoms with van der Waals surface area (Å²) < 4.78 is 29.6. The molecule has 0 radical (unpaired) electrons. The topological polar surface area (TPSA) is 64.3 Å². The highest BCUT2D eigenvalue weighted by molar-refractivity contribution is 6.35. The van der Waals surface area contributed by atoms with Crippen molar-refractivity contribution >= 4 is 34.3 Å². The molecule has 144 valence electrons. The van der Waals surface area contributed by atoms with E-state index >= 15 is 0 Å². The third-order valence-corrected chi connectivity index (χ3v) is 5.23. The number of pyridine rings is 1. The number of alkyl halides is 2. The van der Waals surface area contributed by atoms with Crippen LogP contribution in [0.4, 0.5) is 20.4 Å². The third kappa shape index (κ3) is 3.28. The Balaban J connectivity index is 1.76. The second kappa shape index (κ2) is 7.00. The largest absolute Gasteiger partial charge is 0.340 e. The average molecular weight is 403 g/mol. The van der Waals surface area contributed by atoms with E-state index in [0.29, 0.717) is 28.7 Å². The van der Waals surface area contributed by atoms with E-state index in [4.69, 9.17) is 23.9 Å². The van der Waals surface area contributed by atoms with Gasteiger partial charge >= 0.3 is 0 Å². The number of anilines is 1. The summed E-state index contributed by atoms with van der Waals surface area (Å²) in [6.45, 7) is 7.55. The third-order valence-electron chi connectivity index (χ3n) is 4.93. The van der Waals surface area contributed by atoms with Gasteiger partial charge in [-0.05, 0) is 18.2 Å². The molecular formula is C19H17ClF2N6. The highest BCUT2D eigenvalue weighted by Gasteiger charge is 2.42. The van der Waals surface area contributed by atoms with Gasteiger partial charge in [-0.25, -0.2) is 18.6 Å². The molecule has 1 fully saturated rings. The van der Waals surface area contributed by atoms with Gasteiger partial charge in [-0.1, -0.05) is 23.7 Å². The summed E-state index contributed by atoms with van der Waals surface area (Å²) in [7, 11) is 0. The number of nitrogens with zero attached hydrogens (tertiary/aromatic N) is 5. The molecule has 9 heteroatoms. The second-order valence-corrected chi connectivity index (χ2v) is 7.20. The van der Waals surface area contributed by atoms with E-state index in [2.05, 4.69) is 14.8 Å². The van der Waals surface area contributed by atoms with Gasteiger partial charge in [0.15, 0.2) is 0 Å². The van der Waals surface area contributed by atoms with Gasteiger partial charge in [-0.2, -0.15) is 0 Å². The molecule has 28 heavy (non-hydrogen) atoms. The van der Waals surface area contributed by atoms with Crippen molar-refractivity contribution in [3.63, 3.8) is 0 Å². The summed E-state index contributed by atoms with van der Waals surface area (Å²) in [5.74, 6) is -2.35. The minimum atomic E-state index is -2.89. The molecule has 1 aliphatic rings. The Morgan fingerprint density at radius 2 is 2.14 bits per heavy atom. The van der Waals surface area contributed by atoms with Crippen molar-refractivity contribution in [2.75, 3.05) is 18.0 Å². The van der Waals surface area contributed by atoms with Crippen LogP contribution in [0.1, 0.15) is 12.1 Å². The zero-order chi connectivity index (χ0) is 19.9. The predicted octanol–water partition coefficient (Wildman–Crippen LogP) is 3.86. The van der Waals surface area contributed by atoms with Gasteiger partial charge in [0.25, 0.3) is 5.92 Å². The number of para-hydroxylation sites is 1. The van der Waals surface area contributed by atoms with Crippen LogP contribution in [0.2, 0.25) is 5.02 Å². The SMILES string of the molecule is [C-]#[N+]c1ccc(Cn2c(N3CCC(F)(F)[C@H](N)C3)nc3c(Cl)cccc32)nc1. The van der Waals surface area contributed by atoms with Crippen LogP contribution in [0.3, 0.4) is 0 Å². The quantitative estimate of drug-likeness (QED) is 0.676. The molecule has 2 aromatic heterocycles. The smallest absolute Gasteiger partial charge is 0.266 e. The second-order valence-electron chi connectivity index (χ2n) is 6.79. The molecule has 1 aromatic carbocycles. The summed E-state index contributed by atoms with van der Waals surface area (Å²) in [5, 5.41) is 0.487. The number of rotatable bonds is 3. The number of aromatic nitrogens is 3. The Bertz CT molecular complexity index is 1060. The van der Waals surface area contributed by atoms with Crippen molar-refractivity contribution in [2.24, 2.45) is 5.73 Å². The maximum Gasteiger partial charge on any atom is 0.266 e. The molecule has 2 N–H and O–H groups in total. The van der Waals surface area contributed by atoms with Crippen LogP contribution in [0.15, 0.2) is 36.5 Å². The Labute approximate surface area is 165 Å². The van der Waals surface area contributed by atoms with Crippen molar-refractivity contribution in [1.82, 2.24) is 14.5 Å². The van der Waals surface area contributed by atoms with E-state index in [0.717, 1.165) is 11.2 Å². The van der Waals surface area contributed by atoms with Gasteiger partial charge in [0, 0.05) is 25.7 Å². The molecule has 4 rings (SSSR count). The summed E-state index contributed by atoms with van der Waals surface area (Å²) in [5.41, 5.74) is 8.26. The number of halogens is 3. The molecule has 0 amide bonds. The van der Waals surface area contributed by atoms with Crippen LogP contribution in [0.5, 0.6) is 0 Å². The van der Waals surface area contributed by atoms with Crippen LogP contribution < -0.4 is 10.6 Å². The molecule has 1 aliphatic heterocycles. The highest BCUT2D eigenvalue weighted by Crippen LogP contribution is 2.33. The Kier molecular flexibility index (Phi) is 4.65. The molecule has 0 aliphatic carbocycles. The average Bonchev–Trinajstić information content (AvgIpc) is 3.04.